The van der Waals surface area contributed by atoms with E-state index in [0.717, 1.165) is 19.3 Å². The average Bonchev–Trinajstić information content (AvgIpc) is 2.82. The Kier molecular flexibility index (Phi) is 14.2. The Bertz CT molecular complexity index is 767. The van der Waals surface area contributed by atoms with Crippen LogP contribution in [0.1, 0.15) is 85.0 Å². The van der Waals surface area contributed by atoms with Crippen molar-refractivity contribution >= 4 is 0 Å². The van der Waals surface area contributed by atoms with Crippen LogP contribution in [0.3, 0.4) is 0 Å². The molecule has 0 aromatic carbocycles. The molecule has 0 aliphatic rings. The second-order valence-electron chi connectivity index (χ2n) is 8.80. The summed E-state index contributed by atoms with van der Waals surface area (Å²) >= 11 is 0. The van der Waals surface area contributed by atoms with Gasteiger partial charge in [-0.2, -0.15) is 83.4 Å². The van der Waals surface area contributed by atoms with E-state index in [1.807, 2.05) is 20.8 Å². The van der Waals surface area contributed by atoms with E-state index in [0.29, 0.717) is 19.3 Å². The van der Waals surface area contributed by atoms with Crippen LogP contribution in [0.5, 0.6) is 0 Å². The van der Waals surface area contributed by atoms with Gasteiger partial charge in [-0.15, -0.1) is 0 Å². The van der Waals surface area contributed by atoms with Crippen molar-refractivity contribution in [3.63, 3.8) is 0 Å². The Morgan fingerprint density at radius 2 is 0.561 bits per heavy atom. The first-order chi connectivity index (χ1) is 18.1. The molecule has 0 saturated carbocycles. The highest BCUT2D eigenvalue weighted by molar-refractivity contribution is 5.16. The molecule has 0 unspecified atom stereocenters. The highest BCUT2D eigenvalue weighted by atomic mass is 19.4. The molecule has 0 aliphatic heterocycles. The van der Waals surface area contributed by atoms with Crippen LogP contribution in [0.15, 0.2) is 0 Å². The molecule has 0 spiro atoms. The lowest BCUT2D eigenvalue weighted by molar-refractivity contribution is -0.468. The van der Waals surface area contributed by atoms with Gasteiger partial charge in [0.2, 0.25) is 0 Å². The van der Waals surface area contributed by atoms with Crippen molar-refractivity contribution in [3.8, 4) is 0 Å². The van der Waals surface area contributed by atoms with Crippen molar-refractivity contribution in [1.29, 1.82) is 0 Å². The van der Waals surface area contributed by atoms with Gasteiger partial charge >= 0.3 is 53.6 Å². The molecule has 41 heavy (non-hydrogen) atoms. The fraction of sp³-hybridized carbons (Fsp3) is 1.00. The van der Waals surface area contributed by atoms with Gasteiger partial charge in [0.05, 0.1) is 0 Å². The molecule has 250 valence electrons. The average molecular weight is 654 g/mol. The van der Waals surface area contributed by atoms with Gasteiger partial charge in [-0.3, -0.25) is 0 Å². The third-order valence-electron chi connectivity index (χ3n) is 5.78. The van der Waals surface area contributed by atoms with Crippen LogP contribution in [0, 0.1) is 0 Å². The molecule has 0 rings (SSSR count). The monoisotopic (exact) mass is 654 g/mol. The topological polar surface area (TPSA) is 0 Å². The smallest absolute Gasteiger partial charge is 0.200 e. The van der Waals surface area contributed by atoms with Crippen molar-refractivity contribution in [3.05, 3.63) is 0 Å². The minimum absolute atomic E-state index is 0.0348. The summed E-state index contributed by atoms with van der Waals surface area (Å²) in [6.45, 7) is 5.89. The number of rotatable bonds is 17. The Balaban J connectivity index is 0. The number of halogens is 19. The first kappa shape index (κ1) is 41.8. The van der Waals surface area contributed by atoms with Gasteiger partial charge in [-0.25, -0.2) is 0 Å². The fourth-order valence-corrected chi connectivity index (χ4v) is 3.21. The largest absolute Gasteiger partial charge is 0.460 e. The number of unbranched alkanes of at least 4 members (excludes halogenated alkanes) is 8. The Morgan fingerprint density at radius 1 is 0.317 bits per heavy atom. The molecular weight excluding hydrogens is 625 g/mol. The summed E-state index contributed by atoms with van der Waals surface area (Å²) < 4.78 is 252. The molecule has 0 nitrogen and oxygen atoms in total. The van der Waals surface area contributed by atoms with Crippen LogP contribution in [0.4, 0.5) is 83.4 Å². The van der Waals surface area contributed by atoms with E-state index in [9.17, 15) is 83.4 Å². The number of hydrogen-bond acceptors (Lipinski definition) is 0. The van der Waals surface area contributed by atoms with E-state index < -0.39 is 72.8 Å². The van der Waals surface area contributed by atoms with E-state index in [2.05, 4.69) is 0 Å². The lowest BCUT2D eigenvalue weighted by Crippen LogP contribution is -2.75. The molecule has 0 saturated heterocycles. The highest BCUT2D eigenvalue weighted by Gasteiger charge is 2.96. The molecule has 0 fully saturated rings. The molecule has 0 aromatic rings. The van der Waals surface area contributed by atoms with Gasteiger partial charge in [0.1, 0.15) is 0 Å². The van der Waals surface area contributed by atoms with Crippen molar-refractivity contribution < 1.29 is 83.4 Å². The second kappa shape index (κ2) is 14.0. The van der Waals surface area contributed by atoms with Crippen molar-refractivity contribution in [2.75, 3.05) is 0 Å². The molecule has 19 heteroatoms. The van der Waals surface area contributed by atoms with Gasteiger partial charge in [0.15, 0.2) is 0 Å². The van der Waals surface area contributed by atoms with Crippen molar-refractivity contribution in [1.82, 2.24) is 0 Å². The standard InChI is InChI=1S/C20H23F19.C2H6/c1-2-3-4-5-6-7-8-9-10-11-12(21,22)13(23,24)14(25,26)15(27,28)16(29,30)17(31,32)18(33,34)19(35,36)20(37,38)39;1-2/h2-11H2,1H3;1-2H3. The summed E-state index contributed by atoms with van der Waals surface area (Å²) in [5, 5.41) is 0. The molecule has 0 radical (unpaired) electrons. The van der Waals surface area contributed by atoms with Crippen LogP contribution >= 0.6 is 0 Å². The summed E-state index contributed by atoms with van der Waals surface area (Å²) in [5.74, 6) is -65.8. The fourth-order valence-electron chi connectivity index (χ4n) is 3.21. The zero-order valence-electron chi connectivity index (χ0n) is 21.8. The van der Waals surface area contributed by atoms with Crippen molar-refractivity contribution in [2.45, 2.75) is 139 Å². The van der Waals surface area contributed by atoms with Crippen LogP contribution < -0.4 is 0 Å². The second-order valence-corrected chi connectivity index (χ2v) is 8.80. The van der Waals surface area contributed by atoms with Gasteiger partial charge in [0.25, 0.3) is 0 Å². The molecule has 0 N–H and O–H groups in total. The Hall–Kier alpha value is -1.33. The van der Waals surface area contributed by atoms with Crippen LogP contribution in [0.2, 0.25) is 0 Å². The maximum Gasteiger partial charge on any atom is 0.460 e. The van der Waals surface area contributed by atoms with E-state index in [1.54, 1.807) is 0 Å². The molecule has 0 amide bonds. The minimum Gasteiger partial charge on any atom is -0.200 e. The predicted octanol–water partition coefficient (Wildman–Crippen LogP) is 11.6. The van der Waals surface area contributed by atoms with Crippen LogP contribution in [-0.4, -0.2) is 53.6 Å². The zero-order valence-corrected chi connectivity index (χ0v) is 21.8. The molecular formula is C22H29F19. The maximum absolute atomic E-state index is 13.8. The van der Waals surface area contributed by atoms with E-state index in [1.165, 1.54) is 0 Å². The third-order valence-corrected chi connectivity index (χ3v) is 5.78. The third kappa shape index (κ3) is 7.61. The van der Waals surface area contributed by atoms with Crippen LogP contribution in [0.25, 0.3) is 0 Å². The van der Waals surface area contributed by atoms with Gasteiger partial charge in [-0.1, -0.05) is 72.1 Å². The van der Waals surface area contributed by atoms with E-state index >= 15 is 0 Å². The summed E-state index contributed by atoms with van der Waals surface area (Å²) in [4.78, 5) is 0. The summed E-state index contributed by atoms with van der Waals surface area (Å²) in [7, 11) is 0. The van der Waals surface area contributed by atoms with Gasteiger partial charge < -0.3 is 0 Å². The van der Waals surface area contributed by atoms with Crippen LogP contribution in [-0.2, 0) is 0 Å². The SMILES string of the molecule is CC.CCCCCCCCCCCC(F)(F)C(F)(F)C(F)(F)C(F)(F)C(F)(F)C(F)(F)C(F)(F)C(F)(F)C(F)(F)F. The van der Waals surface area contributed by atoms with E-state index in [4.69, 9.17) is 0 Å². The lowest BCUT2D eigenvalue weighted by atomic mass is 9.86. The molecule has 0 atom stereocenters. The van der Waals surface area contributed by atoms with Crippen molar-refractivity contribution in [2.24, 2.45) is 0 Å². The maximum atomic E-state index is 13.8. The van der Waals surface area contributed by atoms with Gasteiger partial charge in [-0.05, 0) is 6.42 Å². The first-order valence-electron chi connectivity index (χ1n) is 12.2. The lowest BCUT2D eigenvalue weighted by Gasteiger charge is -2.43. The van der Waals surface area contributed by atoms with Gasteiger partial charge in [0, 0.05) is 6.42 Å². The Morgan fingerprint density at radius 3 is 0.854 bits per heavy atom. The summed E-state index contributed by atoms with van der Waals surface area (Å²) in [5.41, 5.74) is 0. The zero-order chi connectivity index (χ0) is 33.6. The molecule has 0 aliphatic carbocycles. The number of alkyl halides is 19. The predicted molar refractivity (Wildman–Crippen MR) is 109 cm³/mol. The summed E-state index contributed by atoms with van der Waals surface area (Å²) in [6, 6.07) is 0. The van der Waals surface area contributed by atoms with E-state index in [-0.39, 0.29) is 6.42 Å². The normalized spacial score (nSPS) is 15.1. The minimum atomic E-state index is -8.86. The molecule has 0 bridgehead atoms. The Labute approximate surface area is 223 Å². The quantitative estimate of drug-likeness (QED) is 0.108. The molecule has 0 aromatic heterocycles. The summed E-state index contributed by atoms with van der Waals surface area (Å²) in [6.07, 6.45) is -7.69. The number of hydrogen-bond donors (Lipinski definition) is 0. The highest BCUT2D eigenvalue weighted by Crippen LogP contribution is 2.65. The first-order valence-corrected chi connectivity index (χ1v) is 12.2. The molecule has 0 heterocycles.